The number of benzene rings is 1. The minimum atomic E-state index is -0.350. The van der Waals surface area contributed by atoms with Gasteiger partial charge in [-0.2, -0.15) is 4.98 Å². The fourth-order valence-corrected chi connectivity index (χ4v) is 4.14. The van der Waals surface area contributed by atoms with E-state index in [0.717, 1.165) is 37.4 Å². The molecule has 0 saturated carbocycles. The summed E-state index contributed by atoms with van der Waals surface area (Å²) in [5.41, 5.74) is 1.40. The second-order valence-corrected chi connectivity index (χ2v) is 7.65. The minimum absolute atomic E-state index is 0.0744. The van der Waals surface area contributed by atoms with Crippen LogP contribution in [-0.4, -0.2) is 31.8 Å². The van der Waals surface area contributed by atoms with Crippen LogP contribution in [0.5, 0.6) is 0 Å². The molecule has 1 atom stereocenters. The molecular formula is C21H27N5O2. The quantitative estimate of drug-likeness (QED) is 0.699. The molecule has 0 amide bonds. The van der Waals surface area contributed by atoms with Gasteiger partial charge in [0.05, 0.1) is 6.04 Å². The van der Waals surface area contributed by atoms with E-state index >= 15 is 0 Å². The van der Waals surface area contributed by atoms with Crippen molar-refractivity contribution in [1.29, 1.82) is 0 Å². The largest absolute Gasteiger partial charge is 0.342 e. The van der Waals surface area contributed by atoms with Crippen LogP contribution in [0.4, 0.5) is 5.95 Å². The van der Waals surface area contributed by atoms with Gasteiger partial charge in [-0.25, -0.2) is 4.79 Å². The summed E-state index contributed by atoms with van der Waals surface area (Å²) < 4.78 is 4.68. The van der Waals surface area contributed by atoms with Gasteiger partial charge in [0.25, 0.3) is 5.56 Å². The molecule has 7 nitrogen and oxygen atoms in total. The third-order valence-corrected chi connectivity index (χ3v) is 5.83. The number of fused-ring (bicyclic) bond motifs is 1. The van der Waals surface area contributed by atoms with Crippen LogP contribution in [0.15, 0.2) is 39.9 Å². The van der Waals surface area contributed by atoms with Crippen LogP contribution < -0.4 is 16.1 Å². The zero-order valence-electron chi connectivity index (χ0n) is 16.8. The maximum atomic E-state index is 13.1. The molecule has 3 heterocycles. The molecule has 0 N–H and O–H groups in total. The highest BCUT2D eigenvalue weighted by Crippen LogP contribution is 2.29. The van der Waals surface area contributed by atoms with Crippen molar-refractivity contribution in [1.82, 2.24) is 18.7 Å². The fraction of sp³-hybridized carbons (Fsp3) is 0.476. The first-order chi connectivity index (χ1) is 13.5. The maximum Gasteiger partial charge on any atom is 0.332 e. The van der Waals surface area contributed by atoms with E-state index in [0.29, 0.717) is 11.2 Å². The van der Waals surface area contributed by atoms with Crippen LogP contribution in [-0.2, 0) is 14.1 Å². The van der Waals surface area contributed by atoms with Crippen LogP contribution in [0.25, 0.3) is 11.2 Å². The van der Waals surface area contributed by atoms with E-state index in [9.17, 15) is 9.59 Å². The summed E-state index contributed by atoms with van der Waals surface area (Å²) in [7, 11) is 3.21. The van der Waals surface area contributed by atoms with Crippen molar-refractivity contribution in [2.75, 3.05) is 18.0 Å². The van der Waals surface area contributed by atoms with Gasteiger partial charge in [-0.05, 0) is 25.3 Å². The maximum absolute atomic E-state index is 13.1. The van der Waals surface area contributed by atoms with E-state index in [4.69, 9.17) is 4.98 Å². The molecule has 1 aliphatic heterocycles. The van der Waals surface area contributed by atoms with E-state index in [1.807, 2.05) is 22.8 Å². The Morgan fingerprint density at radius 1 is 0.929 bits per heavy atom. The topological polar surface area (TPSA) is 65.1 Å². The van der Waals surface area contributed by atoms with E-state index in [1.54, 1.807) is 7.05 Å². The first-order valence-corrected chi connectivity index (χ1v) is 9.98. The van der Waals surface area contributed by atoms with Crippen molar-refractivity contribution >= 4 is 17.1 Å². The summed E-state index contributed by atoms with van der Waals surface area (Å²) in [4.78, 5) is 32.6. The molecule has 1 aromatic carbocycles. The summed E-state index contributed by atoms with van der Waals surface area (Å²) in [6.07, 6.45) is 4.65. The normalized spacial score (nSPS) is 16.3. The number of aryl methyl sites for hydroxylation is 1. The first kappa shape index (κ1) is 18.5. The number of rotatable bonds is 3. The lowest BCUT2D eigenvalue weighted by molar-refractivity contribution is 0.624. The van der Waals surface area contributed by atoms with Crippen LogP contribution in [0, 0.1) is 0 Å². The first-order valence-electron chi connectivity index (χ1n) is 9.98. The predicted octanol–water partition coefficient (Wildman–Crippen LogP) is 2.42. The zero-order valence-corrected chi connectivity index (χ0v) is 16.8. The molecule has 1 saturated heterocycles. The summed E-state index contributed by atoms with van der Waals surface area (Å²) in [6.45, 7) is 3.92. The molecule has 1 aliphatic rings. The van der Waals surface area contributed by atoms with Crippen LogP contribution in [0.2, 0.25) is 0 Å². The molecular weight excluding hydrogens is 354 g/mol. The van der Waals surface area contributed by atoms with Gasteiger partial charge in [0, 0.05) is 27.2 Å². The second-order valence-electron chi connectivity index (χ2n) is 7.65. The Kier molecular flexibility index (Phi) is 4.83. The highest BCUT2D eigenvalue weighted by atomic mass is 16.2. The Balaban J connectivity index is 2.02. The fourth-order valence-electron chi connectivity index (χ4n) is 4.14. The van der Waals surface area contributed by atoms with Crippen LogP contribution in [0.1, 0.15) is 44.2 Å². The van der Waals surface area contributed by atoms with Crippen molar-refractivity contribution in [2.24, 2.45) is 14.1 Å². The monoisotopic (exact) mass is 381 g/mol. The molecule has 0 unspecified atom stereocenters. The van der Waals surface area contributed by atoms with Gasteiger partial charge in [-0.15, -0.1) is 0 Å². The lowest BCUT2D eigenvalue weighted by Gasteiger charge is -2.25. The van der Waals surface area contributed by atoms with E-state index in [1.165, 1.54) is 29.0 Å². The molecule has 0 bridgehead atoms. The van der Waals surface area contributed by atoms with Gasteiger partial charge in [-0.3, -0.25) is 18.5 Å². The molecule has 3 aromatic rings. The predicted molar refractivity (Wildman–Crippen MR) is 111 cm³/mol. The molecule has 148 valence electrons. The lowest BCUT2D eigenvalue weighted by atomic mass is 10.1. The molecule has 2 aromatic heterocycles. The second kappa shape index (κ2) is 7.30. The number of hydrogen-bond acceptors (Lipinski definition) is 4. The summed E-state index contributed by atoms with van der Waals surface area (Å²) in [6, 6.07) is 10.1. The average molecular weight is 381 g/mol. The summed E-state index contributed by atoms with van der Waals surface area (Å²) in [5, 5.41) is 0. The Labute approximate surface area is 163 Å². The van der Waals surface area contributed by atoms with E-state index < -0.39 is 0 Å². The SMILES string of the molecule is C[C@@H](c1ccccc1)n1c(N2CCCCCC2)nc2c1c(=O)n(C)c(=O)n2C. The molecule has 28 heavy (non-hydrogen) atoms. The molecule has 0 spiro atoms. The molecule has 0 radical (unpaired) electrons. The Bertz CT molecular complexity index is 1100. The van der Waals surface area contributed by atoms with Gasteiger partial charge in [-0.1, -0.05) is 43.2 Å². The average Bonchev–Trinajstić information content (AvgIpc) is 2.91. The summed E-state index contributed by atoms with van der Waals surface area (Å²) >= 11 is 0. The Hall–Kier alpha value is -2.83. The zero-order chi connectivity index (χ0) is 19.8. The molecule has 1 fully saturated rings. The highest BCUT2D eigenvalue weighted by Gasteiger charge is 2.26. The van der Waals surface area contributed by atoms with Crippen molar-refractivity contribution < 1.29 is 0 Å². The number of aromatic nitrogens is 4. The van der Waals surface area contributed by atoms with Gasteiger partial charge in [0.15, 0.2) is 11.2 Å². The van der Waals surface area contributed by atoms with Crippen LogP contribution >= 0.6 is 0 Å². The van der Waals surface area contributed by atoms with Gasteiger partial charge < -0.3 is 4.90 Å². The van der Waals surface area contributed by atoms with Gasteiger partial charge in [0.2, 0.25) is 5.95 Å². The Morgan fingerprint density at radius 3 is 2.21 bits per heavy atom. The molecule has 7 heteroatoms. The van der Waals surface area contributed by atoms with Gasteiger partial charge >= 0.3 is 5.69 Å². The van der Waals surface area contributed by atoms with E-state index in [-0.39, 0.29) is 17.3 Å². The Morgan fingerprint density at radius 2 is 1.57 bits per heavy atom. The van der Waals surface area contributed by atoms with E-state index in [2.05, 4.69) is 24.0 Å². The number of imidazole rings is 1. The van der Waals surface area contributed by atoms with Crippen molar-refractivity contribution in [2.45, 2.75) is 38.6 Å². The van der Waals surface area contributed by atoms with Crippen LogP contribution in [0.3, 0.4) is 0 Å². The van der Waals surface area contributed by atoms with Crippen molar-refractivity contribution in [3.8, 4) is 0 Å². The minimum Gasteiger partial charge on any atom is -0.342 e. The molecule has 4 rings (SSSR count). The number of hydrogen-bond donors (Lipinski definition) is 0. The van der Waals surface area contributed by atoms with Gasteiger partial charge in [0.1, 0.15) is 0 Å². The smallest absolute Gasteiger partial charge is 0.332 e. The summed E-state index contributed by atoms with van der Waals surface area (Å²) in [5.74, 6) is 0.784. The highest BCUT2D eigenvalue weighted by molar-refractivity contribution is 5.75. The number of anilines is 1. The third kappa shape index (κ3) is 2.95. The number of nitrogens with zero attached hydrogens (tertiary/aromatic N) is 5. The van der Waals surface area contributed by atoms with Crippen molar-refractivity contribution in [3.05, 3.63) is 56.7 Å². The standard InChI is InChI=1S/C21H27N5O2/c1-15(16-11-7-6-8-12-16)26-17-18(23(2)21(28)24(3)19(17)27)22-20(26)25-13-9-4-5-10-14-25/h6-8,11-12,15H,4-5,9-10,13-14H2,1-3H3/t15-/m0/s1. The van der Waals surface area contributed by atoms with Crippen molar-refractivity contribution in [3.63, 3.8) is 0 Å². The third-order valence-electron chi connectivity index (χ3n) is 5.83. The lowest BCUT2D eigenvalue weighted by Crippen LogP contribution is -2.38. The molecule has 0 aliphatic carbocycles.